The molecule has 1 amide bonds. The fourth-order valence-corrected chi connectivity index (χ4v) is 2.93. The highest BCUT2D eigenvalue weighted by Crippen LogP contribution is 2.42. The summed E-state index contributed by atoms with van der Waals surface area (Å²) in [5.74, 6) is 0.504. The van der Waals surface area contributed by atoms with Crippen molar-refractivity contribution in [2.24, 2.45) is 11.7 Å². The molecule has 0 bridgehead atoms. The first kappa shape index (κ1) is 13.8. The van der Waals surface area contributed by atoms with Crippen LogP contribution in [0.2, 0.25) is 0 Å². The molecule has 0 aromatic rings. The second kappa shape index (κ2) is 6.50. The van der Waals surface area contributed by atoms with Crippen LogP contribution in [0.3, 0.4) is 0 Å². The summed E-state index contributed by atoms with van der Waals surface area (Å²) in [6, 6.07) is 0. The summed E-state index contributed by atoms with van der Waals surface area (Å²) in [4.78, 5) is 11.7. The number of carbonyl (C=O) groups is 1. The van der Waals surface area contributed by atoms with Gasteiger partial charge in [0.25, 0.3) is 0 Å². The van der Waals surface area contributed by atoms with Gasteiger partial charge in [0.05, 0.1) is 0 Å². The number of nitrogens with one attached hydrogen (secondary N) is 1. The van der Waals surface area contributed by atoms with Crippen LogP contribution in [-0.4, -0.2) is 30.0 Å². The molecule has 0 spiro atoms. The van der Waals surface area contributed by atoms with E-state index in [4.69, 9.17) is 5.73 Å². The lowest BCUT2D eigenvalue weighted by molar-refractivity contribution is -0.122. The second-order valence-corrected chi connectivity index (χ2v) is 6.01. The van der Waals surface area contributed by atoms with Gasteiger partial charge in [-0.25, -0.2) is 0 Å². The number of rotatable bonds is 7. The molecule has 0 saturated heterocycles. The molecule has 3 N–H and O–H groups in total. The molecule has 3 nitrogen and oxygen atoms in total. The van der Waals surface area contributed by atoms with Gasteiger partial charge in [-0.3, -0.25) is 4.79 Å². The summed E-state index contributed by atoms with van der Waals surface area (Å²) >= 11 is 1.89. The van der Waals surface area contributed by atoms with Crippen molar-refractivity contribution in [2.75, 3.05) is 19.3 Å². The number of hydrogen-bond acceptors (Lipinski definition) is 3. The van der Waals surface area contributed by atoms with Crippen molar-refractivity contribution in [3.05, 3.63) is 0 Å². The monoisotopic (exact) mass is 244 g/mol. The summed E-state index contributed by atoms with van der Waals surface area (Å²) in [5, 5.41) is 3.06. The van der Waals surface area contributed by atoms with Gasteiger partial charge in [0.1, 0.15) is 0 Å². The lowest BCUT2D eigenvalue weighted by Gasteiger charge is -2.40. The van der Waals surface area contributed by atoms with Crippen LogP contribution < -0.4 is 11.1 Å². The Hall–Kier alpha value is -0.220. The third kappa shape index (κ3) is 3.67. The summed E-state index contributed by atoms with van der Waals surface area (Å²) in [7, 11) is 0. The fraction of sp³-hybridized carbons (Fsp3) is 0.917. The van der Waals surface area contributed by atoms with E-state index in [9.17, 15) is 4.79 Å². The lowest BCUT2D eigenvalue weighted by atomic mass is 9.84. The van der Waals surface area contributed by atoms with E-state index >= 15 is 0 Å². The second-order valence-electron chi connectivity index (χ2n) is 4.73. The zero-order valence-electron chi connectivity index (χ0n) is 10.4. The zero-order chi connectivity index (χ0) is 12.0. The smallest absolute Gasteiger partial charge is 0.220 e. The van der Waals surface area contributed by atoms with Crippen LogP contribution in [0.4, 0.5) is 0 Å². The van der Waals surface area contributed by atoms with Crippen LogP contribution in [0.15, 0.2) is 0 Å². The van der Waals surface area contributed by atoms with Crippen molar-refractivity contribution >= 4 is 17.7 Å². The van der Waals surface area contributed by atoms with Gasteiger partial charge >= 0.3 is 0 Å². The van der Waals surface area contributed by atoms with Crippen molar-refractivity contribution in [1.29, 1.82) is 0 Å². The van der Waals surface area contributed by atoms with E-state index < -0.39 is 0 Å². The lowest BCUT2D eigenvalue weighted by Crippen LogP contribution is -2.45. The molecule has 1 aliphatic carbocycles. The number of hydrogen-bond donors (Lipinski definition) is 2. The Balaban J connectivity index is 2.24. The Morgan fingerprint density at radius 3 is 2.62 bits per heavy atom. The van der Waals surface area contributed by atoms with E-state index in [1.54, 1.807) is 0 Å². The third-order valence-electron chi connectivity index (χ3n) is 3.69. The zero-order valence-corrected chi connectivity index (χ0v) is 11.2. The maximum atomic E-state index is 11.7. The molecule has 1 atom stereocenters. The molecule has 1 saturated carbocycles. The van der Waals surface area contributed by atoms with Gasteiger partial charge in [0.2, 0.25) is 5.91 Å². The maximum Gasteiger partial charge on any atom is 0.220 e. The molecule has 1 fully saturated rings. The van der Waals surface area contributed by atoms with Crippen LogP contribution >= 0.6 is 11.8 Å². The van der Waals surface area contributed by atoms with Crippen LogP contribution in [0.1, 0.15) is 39.0 Å². The van der Waals surface area contributed by atoms with Gasteiger partial charge in [0.15, 0.2) is 0 Å². The first-order valence-electron chi connectivity index (χ1n) is 6.17. The minimum absolute atomic E-state index is 0.164. The van der Waals surface area contributed by atoms with E-state index in [2.05, 4.69) is 18.5 Å². The van der Waals surface area contributed by atoms with Crippen molar-refractivity contribution in [3.63, 3.8) is 0 Å². The quantitative estimate of drug-likeness (QED) is 0.717. The van der Waals surface area contributed by atoms with E-state index in [0.29, 0.717) is 23.6 Å². The van der Waals surface area contributed by atoms with Crippen LogP contribution in [0.25, 0.3) is 0 Å². The maximum absolute atomic E-state index is 11.7. The van der Waals surface area contributed by atoms with Crippen molar-refractivity contribution in [3.8, 4) is 0 Å². The van der Waals surface area contributed by atoms with Crippen LogP contribution in [0.5, 0.6) is 0 Å². The van der Waals surface area contributed by atoms with Crippen molar-refractivity contribution in [2.45, 2.75) is 43.8 Å². The molecule has 0 aromatic carbocycles. The largest absolute Gasteiger partial charge is 0.355 e. The fourth-order valence-electron chi connectivity index (χ4n) is 2.01. The highest BCUT2D eigenvalue weighted by Gasteiger charge is 2.36. The van der Waals surface area contributed by atoms with Gasteiger partial charge < -0.3 is 11.1 Å². The number of amides is 1. The summed E-state index contributed by atoms with van der Waals surface area (Å²) < 4.78 is 0.333. The van der Waals surface area contributed by atoms with Gasteiger partial charge in [-0.2, -0.15) is 11.8 Å². The Labute approximate surface area is 103 Å². The predicted octanol–water partition coefficient (Wildman–Crippen LogP) is 1.76. The molecular formula is C12H24N2OS. The predicted molar refractivity (Wildman–Crippen MR) is 70.6 cm³/mol. The summed E-state index contributed by atoms with van der Waals surface area (Å²) in [6.45, 7) is 3.52. The van der Waals surface area contributed by atoms with Crippen LogP contribution in [-0.2, 0) is 4.79 Å². The molecule has 0 aromatic heterocycles. The van der Waals surface area contributed by atoms with Gasteiger partial charge in [-0.05, 0) is 31.6 Å². The number of thioether (sulfide) groups is 1. The van der Waals surface area contributed by atoms with E-state index in [1.165, 1.54) is 19.3 Å². The number of carbonyl (C=O) groups excluding carboxylic acids is 1. The Bertz CT molecular complexity index is 220. The highest BCUT2D eigenvalue weighted by atomic mass is 32.2. The molecule has 0 heterocycles. The average Bonchev–Trinajstić information content (AvgIpc) is 2.25. The Kier molecular flexibility index (Phi) is 5.62. The molecule has 4 heteroatoms. The molecule has 1 rings (SSSR count). The minimum atomic E-state index is 0.164. The van der Waals surface area contributed by atoms with Gasteiger partial charge in [0, 0.05) is 17.7 Å². The molecule has 94 valence electrons. The topological polar surface area (TPSA) is 55.1 Å². The number of nitrogens with two attached hydrogens (primary N) is 1. The van der Waals surface area contributed by atoms with E-state index in [-0.39, 0.29) is 5.91 Å². The molecule has 16 heavy (non-hydrogen) atoms. The molecule has 1 unspecified atom stereocenters. The first-order valence-corrected chi connectivity index (χ1v) is 7.40. The normalized spacial score (nSPS) is 19.9. The standard InChI is InChI=1S/C12H24N2OS/c1-3-10(8-13)7-11(15)14-9-12(16-2)5-4-6-12/h10H,3-9,13H2,1-2H3,(H,14,15). The minimum Gasteiger partial charge on any atom is -0.355 e. The SMILES string of the molecule is CCC(CN)CC(=O)NCC1(SC)CCC1. The Morgan fingerprint density at radius 1 is 1.56 bits per heavy atom. The molecule has 0 aliphatic heterocycles. The highest BCUT2D eigenvalue weighted by molar-refractivity contribution is 8.00. The van der Waals surface area contributed by atoms with Crippen molar-refractivity contribution in [1.82, 2.24) is 5.32 Å². The molecule has 0 radical (unpaired) electrons. The van der Waals surface area contributed by atoms with Crippen molar-refractivity contribution < 1.29 is 4.79 Å². The van der Waals surface area contributed by atoms with Gasteiger partial charge in [-0.1, -0.05) is 19.8 Å². The summed E-state index contributed by atoms with van der Waals surface area (Å²) in [6.07, 6.45) is 7.48. The average molecular weight is 244 g/mol. The van der Waals surface area contributed by atoms with Gasteiger partial charge in [-0.15, -0.1) is 0 Å². The third-order valence-corrected chi connectivity index (χ3v) is 5.11. The summed E-state index contributed by atoms with van der Waals surface area (Å²) in [5.41, 5.74) is 5.59. The van der Waals surface area contributed by atoms with Crippen LogP contribution in [0, 0.1) is 5.92 Å². The molecular weight excluding hydrogens is 220 g/mol. The molecule has 1 aliphatic rings. The van der Waals surface area contributed by atoms with E-state index in [1.807, 2.05) is 11.8 Å². The first-order chi connectivity index (χ1) is 7.65. The Morgan fingerprint density at radius 2 is 2.25 bits per heavy atom. The van der Waals surface area contributed by atoms with E-state index in [0.717, 1.165) is 13.0 Å².